The van der Waals surface area contributed by atoms with Crippen LogP contribution < -0.4 is 4.74 Å². The summed E-state index contributed by atoms with van der Waals surface area (Å²) < 4.78 is 18.6. The van der Waals surface area contributed by atoms with Crippen LogP contribution in [-0.4, -0.2) is 9.91 Å². The van der Waals surface area contributed by atoms with Gasteiger partial charge < -0.3 is 4.74 Å². The molecule has 0 aliphatic heterocycles. The van der Waals surface area contributed by atoms with E-state index in [1.165, 1.54) is 17.4 Å². The molecule has 1 heterocycles. The van der Waals surface area contributed by atoms with Gasteiger partial charge in [0.05, 0.1) is 14.8 Å². The summed E-state index contributed by atoms with van der Waals surface area (Å²) in [5, 5.41) is 11.4. The second-order valence-corrected chi connectivity index (χ2v) is 4.82. The maximum Gasteiger partial charge on any atom is 0.305 e. The molecule has 2 rings (SSSR count). The van der Waals surface area contributed by atoms with E-state index in [9.17, 15) is 14.5 Å². The number of nitro groups is 1. The monoisotopic (exact) mass is 268 g/mol. The summed E-state index contributed by atoms with van der Waals surface area (Å²) in [5.41, 5.74) is -0.559. The van der Waals surface area contributed by atoms with Crippen LogP contribution >= 0.6 is 11.3 Å². The van der Waals surface area contributed by atoms with Crippen molar-refractivity contribution in [2.75, 3.05) is 0 Å². The second-order valence-electron chi connectivity index (χ2n) is 3.50. The number of rotatable bonds is 4. The molecule has 0 bridgehead atoms. The lowest BCUT2D eigenvalue weighted by Gasteiger charge is -2.04. The fourth-order valence-electron chi connectivity index (χ4n) is 1.35. The van der Waals surface area contributed by atoms with E-state index in [1.54, 1.807) is 6.20 Å². The van der Waals surface area contributed by atoms with Crippen molar-refractivity contribution in [2.45, 2.75) is 13.5 Å². The predicted molar refractivity (Wildman–Crippen MR) is 64.2 cm³/mol. The van der Waals surface area contributed by atoms with E-state index in [-0.39, 0.29) is 12.4 Å². The molecule has 94 valence electrons. The number of aromatic nitrogens is 1. The zero-order chi connectivity index (χ0) is 13.1. The molecule has 2 aromatic rings. The van der Waals surface area contributed by atoms with Crippen molar-refractivity contribution in [1.82, 2.24) is 4.98 Å². The number of thiazole rings is 1. The minimum absolute atomic E-state index is 0.254. The first kappa shape index (κ1) is 12.4. The van der Waals surface area contributed by atoms with Gasteiger partial charge in [0.15, 0.2) is 0 Å². The Kier molecular flexibility index (Phi) is 3.52. The highest BCUT2D eigenvalue weighted by atomic mass is 32.1. The third-order valence-corrected chi connectivity index (χ3v) is 3.05. The Hall–Kier alpha value is -2.02. The molecule has 0 aliphatic carbocycles. The van der Waals surface area contributed by atoms with Crippen molar-refractivity contribution >= 4 is 17.0 Å². The topological polar surface area (TPSA) is 65.3 Å². The molecule has 0 saturated carbocycles. The van der Waals surface area contributed by atoms with E-state index >= 15 is 0 Å². The van der Waals surface area contributed by atoms with E-state index in [0.29, 0.717) is 0 Å². The molecule has 18 heavy (non-hydrogen) atoms. The van der Waals surface area contributed by atoms with Gasteiger partial charge in [-0.2, -0.15) is 4.39 Å². The Balaban J connectivity index is 2.06. The van der Waals surface area contributed by atoms with Gasteiger partial charge in [-0.3, -0.25) is 10.1 Å². The number of benzene rings is 1. The van der Waals surface area contributed by atoms with Crippen molar-refractivity contribution in [3.8, 4) is 5.75 Å². The summed E-state index contributed by atoms with van der Waals surface area (Å²) >= 11 is 1.48. The third kappa shape index (κ3) is 2.80. The standard InChI is InChI=1S/C11H9FN2O3S/c1-7-13-5-9(18-7)6-17-8-2-3-11(14(15)16)10(12)4-8/h2-5H,6H2,1H3. The molecular formula is C11H9FN2O3S. The molecule has 1 aromatic heterocycles. The molecule has 0 atom stereocenters. The second kappa shape index (κ2) is 5.09. The molecule has 0 amide bonds. The van der Waals surface area contributed by atoms with Crippen molar-refractivity contribution < 1.29 is 14.1 Å². The van der Waals surface area contributed by atoms with Gasteiger partial charge in [0.25, 0.3) is 0 Å². The van der Waals surface area contributed by atoms with Crippen LogP contribution in [0.1, 0.15) is 9.88 Å². The van der Waals surface area contributed by atoms with Crippen LogP contribution in [0.25, 0.3) is 0 Å². The van der Waals surface area contributed by atoms with E-state index in [1.807, 2.05) is 6.92 Å². The fourth-order valence-corrected chi connectivity index (χ4v) is 2.06. The smallest absolute Gasteiger partial charge is 0.305 e. The van der Waals surface area contributed by atoms with Crippen LogP contribution in [0.5, 0.6) is 5.75 Å². The van der Waals surface area contributed by atoms with Gasteiger partial charge in [-0.15, -0.1) is 11.3 Å². The third-order valence-electron chi connectivity index (χ3n) is 2.17. The molecule has 0 unspecified atom stereocenters. The number of halogens is 1. The summed E-state index contributed by atoms with van der Waals surface area (Å²) in [7, 11) is 0. The maximum absolute atomic E-state index is 13.3. The molecular weight excluding hydrogens is 259 g/mol. The molecule has 0 spiro atoms. The molecule has 0 saturated heterocycles. The van der Waals surface area contributed by atoms with Gasteiger partial charge >= 0.3 is 5.69 Å². The van der Waals surface area contributed by atoms with Gasteiger partial charge in [-0.05, 0) is 13.0 Å². The van der Waals surface area contributed by atoms with Crippen LogP contribution in [0.2, 0.25) is 0 Å². The van der Waals surface area contributed by atoms with Crippen LogP contribution in [0, 0.1) is 22.9 Å². The predicted octanol–water partition coefficient (Wildman–Crippen LogP) is 3.08. The van der Waals surface area contributed by atoms with Crippen LogP contribution in [-0.2, 0) is 6.61 Å². The Morgan fingerprint density at radius 2 is 2.33 bits per heavy atom. The first-order valence-electron chi connectivity index (χ1n) is 5.04. The van der Waals surface area contributed by atoms with E-state index < -0.39 is 16.4 Å². The molecule has 1 aromatic carbocycles. The maximum atomic E-state index is 13.3. The van der Waals surface area contributed by atoms with Gasteiger partial charge in [0.1, 0.15) is 12.4 Å². The summed E-state index contributed by atoms with van der Waals surface area (Å²) in [4.78, 5) is 14.6. The number of ether oxygens (including phenoxy) is 1. The Bertz CT molecular complexity index is 585. The Morgan fingerprint density at radius 1 is 1.56 bits per heavy atom. The lowest BCUT2D eigenvalue weighted by molar-refractivity contribution is -0.387. The largest absolute Gasteiger partial charge is 0.488 e. The summed E-state index contributed by atoms with van der Waals surface area (Å²) in [5.74, 6) is -0.651. The average Bonchev–Trinajstić information content (AvgIpc) is 2.72. The lowest BCUT2D eigenvalue weighted by Crippen LogP contribution is -1.96. The van der Waals surface area contributed by atoms with E-state index in [0.717, 1.165) is 22.0 Å². The van der Waals surface area contributed by atoms with Gasteiger partial charge in [-0.25, -0.2) is 4.98 Å². The molecule has 7 heteroatoms. The number of hydrogen-bond donors (Lipinski definition) is 0. The van der Waals surface area contributed by atoms with Crippen molar-refractivity contribution in [3.63, 3.8) is 0 Å². The minimum atomic E-state index is -0.905. The summed E-state index contributed by atoms with van der Waals surface area (Å²) in [6, 6.07) is 3.46. The van der Waals surface area contributed by atoms with Gasteiger partial charge in [-0.1, -0.05) is 0 Å². The van der Waals surface area contributed by atoms with Crippen LogP contribution in [0.3, 0.4) is 0 Å². The zero-order valence-corrected chi connectivity index (χ0v) is 10.2. The van der Waals surface area contributed by atoms with Crippen molar-refractivity contribution in [3.05, 3.63) is 50.2 Å². The van der Waals surface area contributed by atoms with Crippen molar-refractivity contribution in [2.24, 2.45) is 0 Å². The van der Waals surface area contributed by atoms with Crippen molar-refractivity contribution in [1.29, 1.82) is 0 Å². The number of nitrogens with zero attached hydrogens (tertiary/aromatic N) is 2. The highest BCUT2D eigenvalue weighted by Crippen LogP contribution is 2.23. The molecule has 0 N–H and O–H groups in total. The number of hydrogen-bond acceptors (Lipinski definition) is 5. The average molecular weight is 268 g/mol. The lowest BCUT2D eigenvalue weighted by atomic mass is 10.3. The minimum Gasteiger partial charge on any atom is -0.488 e. The first-order valence-corrected chi connectivity index (χ1v) is 5.86. The highest BCUT2D eigenvalue weighted by molar-refractivity contribution is 7.11. The quantitative estimate of drug-likeness (QED) is 0.631. The SMILES string of the molecule is Cc1ncc(COc2ccc([N+](=O)[O-])c(F)c2)s1. The van der Waals surface area contributed by atoms with Gasteiger partial charge in [0.2, 0.25) is 5.82 Å². The number of nitro benzene ring substituents is 1. The van der Waals surface area contributed by atoms with Crippen LogP contribution in [0.4, 0.5) is 10.1 Å². The van der Waals surface area contributed by atoms with E-state index in [4.69, 9.17) is 4.74 Å². The molecule has 0 aliphatic rings. The number of aryl methyl sites for hydroxylation is 1. The summed E-state index contributed by atoms with van der Waals surface area (Å²) in [6.45, 7) is 2.14. The summed E-state index contributed by atoms with van der Waals surface area (Å²) in [6.07, 6.45) is 1.68. The zero-order valence-electron chi connectivity index (χ0n) is 9.42. The molecule has 5 nitrogen and oxygen atoms in total. The Labute approximate surface area is 106 Å². The first-order chi connectivity index (χ1) is 8.56. The van der Waals surface area contributed by atoms with E-state index in [2.05, 4.69) is 4.98 Å². The van der Waals surface area contributed by atoms with Crippen LogP contribution in [0.15, 0.2) is 24.4 Å². The molecule has 0 radical (unpaired) electrons. The molecule has 0 fully saturated rings. The Morgan fingerprint density at radius 3 is 2.89 bits per heavy atom. The highest BCUT2D eigenvalue weighted by Gasteiger charge is 2.14. The normalized spacial score (nSPS) is 10.3. The van der Waals surface area contributed by atoms with Gasteiger partial charge in [0, 0.05) is 18.3 Å². The fraction of sp³-hybridized carbons (Fsp3) is 0.182.